The summed E-state index contributed by atoms with van der Waals surface area (Å²) in [7, 11) is 0. The number of anilines is 2. The van der Waals surface area contributed by atoms with Crippen molar-refractivity contribution in [2.75, 3.05) is 23.8 Å². The van der Waals surface area contributed by atoms with Gasteiger partial charge in [-0.15, -0.1) is 0 Å². The van der Waals surface area contributed by atoms with E-state index in [9.17, 15) is 8.78 Å². The fourth-order valence-electron chi connectivity index (χ4n) is 2.59. The number of piperidine rings is 1. The zero-order valence-electron chi connectivity index (χ0n) is 10.2. The lowest BCUT2D eigenvalue weighted by Crippen LogP contribution is -2.41. The molecule has 1 heterocycles. The molecule has 18 heavy (non-hydrogen) atoms. The number of benzene rings is 1. The van der Waals surface area contributed by atoms with E-state index in [0.717, 1.165) is 25.3 Å². The SMILES string of the molecule is Nc1ccc(F)c(F)c1N1CCCCC1CCO. The van der Waals surface area contributed by atoms with Crippen LogP contribution in [0.5, 0.6) is 0 Å². The Hall–Kier alpha value is -1.36. The van der Waals surface area contributed by atoms with Gasteiger partial charge in [0.2, 0.25) is 0 Å². The maximum atomic E-state index is 13.9. The highest BCUT2D eigenvalue weighted by Gasteiger charge is 2.27. The van der Waals surface area contributed by atoms with Gasteiger partial charge in [0.05, 0.1) is 11.4 Å². The van der Waals surface area contributed by atoms with Crippen LogP contribution in [0.15, 0.2) is 12.1 Å². The zero-order chi connectivity index (χ0) is 13.1. The van der Waals surface area contributed by atoms with Crippen LogP contribution < -0.4 is 10.6 Å². The van der Waals surface area contributed by atoms with Crippen LogP contribution in [-0.2, 0) is 0 Å². The largest absolute Gasteiger partial charge is 0.397 e. The van der Waals surface area contributed by atoms with Crippen LogP contribution in [0, 0.1) is 11.6 Å². The Labute approximate surface area is 105 Å². The van der Waals surface area contributed by atoms with Crippen molar-refractivity contribution in [3.8, 4) is 0 Å². The summed E-state index contributed by atoms with van der Waals surface area (Å²) in [6.45, 7) is 0.688. The van der Waals surface area contributed by atoms with Gasteiger partial charge < -0.3 is 15.7 Å². The van der Waals surface area contributed by atoms with Gasteiger partial charge in [0.15, 0.2) is 11.6 Å². The molecule has 1 aromatic carbocycles. The summed E-state index contributed by atoms with van der Waals surface area (Å²) in [5.74, 6) is -1.77. The lowest BCUT2D eigenvalue weighted by Gasteiger charge is -2.38. The van der Waals surface area contributed by atoms with E-state index in [-0.39, 0.29) is 24.0 Å². The van der Waals surface area contributed by atoms with Gasteiger partial charge in [-0.1, -0.05) is 0 Å². The molecule has 1 aliphatic rings. The number of hydrogen-bond acceptors (Lipinski definition) is 3. The van der Waals surface area contributed by atoms with Gasteiger partial charge in [0, 0.05) is 19.2 Å². The fourth-order valence-corrected chi connectivity index (χ4v) is 2.59. The number of halogens is 2. The van der Waals surface area contributed by atoms with E-state index in [1.807, 2.05) is 0 Å². The topological polar surface area (TPSA) is 49.5 Å². The summed E-state index contributed by atoms with van der Waals surface area (Å²) in [4.78, 5) is 1.80. The molecule has 1 unspecified atom stereocenters. The molecular formula is C13H18F2N2O. The number of aliphatic hydroxyl groups excluding tert-OH is 1. The summed E-state index contributed by atoms with van der Waals surface area (Å²) in [5.41, 5.74) is 6.16. The maximum absolute atomic E-state index is 13.9. The first-order valence-corrected chi connectivity index (χ1v) is 6.26. The van der Waals surface area contributed by atoms with Gasteiger partial charge in [-0.2, -0.15) is 0 Å². The molecule has 3 N–H and O–H groups in total. The highest BCUT2D eigenvalue weighted by molar-refractivity contribution is 5.69. The van der Waals surface area contributed by atoms with Crippen molar-refractivity contribution in [2.24, 2.45) is 0 Å². The van der Waals surface area contributed by atoms with E-state index in [4.69, 9.17) is 10.8 Å². The predicted octanol–water partition coefficient (Wildman–Crippen LogP) is 2.29. The maximum Gasteiger partial charge on any atom is 0.184 e. The van der Waals surface area contributed by atoms with Crippen molar-refractivity contribution in [3.05, 3.63) is 23.8 Å². The first-order valence-electron chi connectivity index (χ1n) is 6.26. The molecule has 1 saturated heterocycles. The number of hydrogen-bond donors (Lipinski definition) is 2. The van der Waals surface area contributed by atoms with Gasteiger partial charge in [-0.3, -0.25) is 0 Å². The standard InChI is InChI=1S/C13H18F2N2O/c14-10-4-5-11(16)13(12(10)15)17-7-2-1-3-9(17)6-8-18/h4-5,9,18H,1-3,6-8,16H2. The molecular weight excluding hydrogens is 238 g/mol. The lowest BCUT2D eigenvalue weighted by molar-refractivity contribution is 0.262. The Morgan fingerprint density at radius 2 is 2.11 bits per heavy atom. The Balaban J connectivity index is 2.36. The second-order valence-corrected chi connectivity index (χ2v) is 4.65. The molecule has 100 valence electrons. The molecule has 0 bridgehead atoms. The molecule has 0 radical (unpaired) electrons. The van der Waals surface area contributed by atoms with Crippen molar-refractivity contribution in [3.63, 3.8) is 0 Å². The third-order valence-electron chi connectivity index (χ3n) is 3.48. The van der Waals surface area contributed by atoms with Gasteiger partial charge in [0.25, 0.3) is 0 Å². The molecule has 0 aromatic heterocycles. The van der Waals surface area contributed by atoms with Crippen LogP contribution in [-0.4, -0.2) is 24.3 Å². The van der Waals surface area contributed by atoms with Crippen molar-refractivity contribution < 1.29 is 13.9 Å². The van der Waals surface area contributed by atoms with Gasteiger partial charge in [0.1, 0.15) is 0 Å². The van der Waals surface area contributed by atoms with Gasteiger partial charge in [-0.25, -0.2) is 8.78 Å². The summed E-state index contributed by atoms with van der Waals surface area (Å²) in [6, 6.07) is 2.46. The van der Waals surface area contributed by atoms with Crippen molar-refractivity contribution in [2.45, 2.75) is 31.7 Å². The normalized spacial score (nSPS) is 20.2. The third kappa shape index (κ3) is 2.41. The molecule has 1 aliphatic heterocycles. The van der Waals surface area contributed by atoms with Crippen molar-refractivity contribution in [1.29, 1.82) is 0 Å². The molecule has 2 rings (SSSR count). The van der Waals surface area contributed by atoms with E-state index in [1.54, 1.807) is 4.90 Å². The van der Waals surface area contributed by atoms with Gasteiger partial charge >= 0.3 is 0 Å². The first-order chi connectivity index (χ1) is 8.65. The van der Waals surface area contributed by atoms with Crippen LogP contribution in [0.25, 0.3) is 0 Å². The predicted molar refractivity (Wildman–Crippen MR) is 67.5 cm³/mol. The molecule has 0 aliphatic carbocycles. The number of nitrogens with two attached hydrogens (primary N) is 1. The number of rotatable bonds is 3. The smallest absolute Gasteiger partial charge is 0.184 e. The summed E-state index contributed by atoms with van der Waals surface area (Å²) < 4.78 is 27.2. The molecule has 3 nitrogen and oxygen atoms in total. The average molecular weight is 256 g/mol. The van der Waals surface area contributed by atoms with Crippen LogP contribution in [0.4, 0.5) is 20.2 Å². The average Bonchev–Trinajstić information content (AvgIpc) is 2.37. The minimum absolute atomic E-state index is 0.0300. The van der Waals surface area contributed by atoms with Crippen LogP contribution in [0.2, 0.25) is 0 Å². The molecule has 1 atom stereocenters. The molecule has 1 aromatic rings. The summed E-state index contributed by atoms with van der Waals surface area (Å²) in [5, 5.41) is 9.05. The fraction of sp³-hybridized carbons (Fsp3) is 0.538. The van der Waals surface area contributed by atoms with E-state index in [1.165, 1.54) is 6.07 Å². The third-order valence-corrected chi connectivity index (χ3v) is 3.48. The Morgan fingerprint density at radius 3 is 2.83 bits per heavy atom. The Morgan fingerprint density at radius 1 is 1.33 bits per heavy atom. The van der Waals surface area contributed by atoms with E-state index in [0.29, 0.717) is 13.0 Å². The monoisotopic (exact) mass is 256 g/mol. The van der Waals surface area contributed by atoms with Crippen LogP contribution in [0.3, 0.4) is 0 Å². The summed E-state index contributed by atoms with van der Waals surface area (Å²) >= 11 is 0. The van der Waals surface area contributed by atoms with Crippen molar-refractivity contribution in [1.82, 2.24) is 0 Å². The molecule has 0 spiro atoms. The lowest BCUT2D eigenvalue weighted by atomic mass is 9.98. The second-order valence-electron chi connectivity index (χ2n) is 4.65. The number of nitrogens with zero attached hydrogens (tertiary/aromatic N) is 1. The van der Waals surface area contributed by atoms with Crippen LogP contribution >= 0.6 is 0 Å². The highest BCUT2D eigenvalue weighted by Crippen LogP contribution is 2.34. The minimum atomic E-state index is -0.889. The van der Waals surface area contributed by atoms with Crippen molar-refractivity contribution >= 4 is 11.4 Å². The Kier molecular flexibility index (Phi) is 4.01. The van der Waals surface area contributed by atoms with E-state index < -0.39 is 11.6 Å². The number of nitrogen functional groups attached to an aromatic ring is 1. The molecule has 0 amide bonds. The van der Waals surface area contributed by atoms with Crippen LogP contribution in [0.1, 0.15) is 25.7 Å². The Bertz CT molecular complexity index is 424. The highest BCUT2D eigenvalue weighted by atomic mass is 19.2. The molecule has 1 fully saturated rings. The first kappa shape index (κ1) is 13.1. The van der Waals surface area contributed by atoms with E-state index >= 15 is 0 Å². The van der Waals surface area contributed by atoms with E-state index in [2.05, 4.69) is 0 Å². The second kappa shape index (κ2) is 5.52. The van der Waals surface area contributed by atoms with Gasteiger partial charge in [-0.05, 0) is 37.8 Å². The number of aliphatic hydroxyl groups is 1. The molecule has 5 heteroatoms. The molecule has 0 saturated carbocycles. The summed E-state index contributed by atoms with van der Waals surface area (Å²) in [6.07, 6.45) is 3.39. The quantitative estimate of drug-likeness (QED) is 0.816. The zero-order valence-corrected chi connectivity index (χ0v) is 10.2. The minimum Gasteiger partial charge on any atom is -0.397 e.